The number of esters is 2. The van der Waals surface area contributed by atoms with Crippen molar-refractivity contribution in [3.05, 3.63) is 50.7 Å². The monoisotopic (exact) mass is 539 g/mol. The van der Waals surface area contributed by atoms with Crippen molar-refractivity contribution in [2.45, 2.75) is 58.8 Å². The predicted octanol–water partition coefficient (Wildman–Crippen LogP) is 2.21. The van der Waals surface area contributed by atoms with Gasteiger partial charge < -0.3 is 24.4 Å². The number of ether oxygens (including phenoxy) is 2. The summed E-state index contributed by atoms with van der Waals surface area (Å²) in [6, 6.07) is 1.34. The minimum atomic E-state index is -0.228. The Hall–Kier alpha value is -4.29. The maximum absolute atomic E-state index is 11.9. The van der Waals surface area contributed by atoms with Crippen molar-refractivity contribution in [3.8, 4) is 0 Å². The van der Waals surface area contributed by atoms with E-state index in [1.165, 1.54) is 18.7 Å². The second-order valence-electron chi connectivity index (χ2n) is 9.34. The highest BCUT2D eigenvalue weighted by molar-refractivity contribution is 5.87. The van der Waals surface area contributed by atoms with E-state index < -0.39 is 0 Å². The topological polar surface area (TPSA) is 184 Å². The molecule has 39 heavy (non-hydrogen) atoms. The molecule has 0 spiro atoms. The zero-order chi connectivity index (χ0) is 27.8. The molecule has 0 bridgehead atoms. The number of hydrogen-bond donors (Lipinski definition) is 4. The Morgan fingerprint density at radius 1 is 0.974 bits per heavy atom. The number of carbonyl (C=O) groups excluding carboxylic acids is 2. The van der Waals surface area contributed by atoms with Crippen LogP contribution in [0.5, 0.6) is 0 Å². The van der Waals surface area contributed by atoms with E-state index in [4.69, 9.17) is 9.47 Å². The summed E-state index contributed by atoms with van der Waals surface area (Å²) in [4.78, 5) is 62.6. The Labute approximate surface area is 223 Å². The van der Waals surface area contributed by atoms with E-state index in [2.05, 4.69) is 35.4 Å². The van der Waals surface area contributed by atoms with E-state index in [9.17, 15) is 19.2 Å². The third kappa shape index (κ3) is 6.98. The van der Waals surface area contributed by atoms with Crippen LogP contribution in [0.1, 0.15) is 57.2 Å². The van der Waals surface area contributed by atoms with Gasteiger partial charge in [-0.05, 0) is 64.4 Å². The van der Waals surface area contributed by atoms with E-state index in [1.807, 2.05) is 6.92 Å². The SMILES string of the molecule is CCOC(=O)C1CCC(=NNc2cc(=O)[nH]cn2)CC1.CCOC(=O)C1CCc2[nH]c3nc[nH]c(=O)c3c2C1. The summed E-state index contributed by atoms with van der Waals surface area (Å²) in [5.74, 6) is -0.0648. The number of fused-ring (bicyclic) bond motifs is 3. The van der Waals surface area contributed by atoms with E-state index in [0.717, 1.165) is 55.5 Å². The van der Waals surface area contributed by atoms with Crippen molar-refractivity contribution in [2.24, 2.45) is 16.9 Å². The van der Waals surface area contributed by atoms with Gasteiger partial charge in [-0.1, -0.05) is 0 Å². The molecule has 4 N–H and O–H groups in total. The van der Waals surface area contributed by atoms with Gasteiger partial charge in [0, 0.05) is 17.5 Å². The van der Waals surface area contributed by atoms with E-state index in [0.29, 0.717) is 36.5 Å². The van der Waals surface area contributed by atoms with Crippen LogP contribution in [0.25, 0.3) is 11.0 Å². The van der Waals surface area contributed by atoms with Crippen LogP contribution in [0.15, 0.2) is 33.4 Å². The van der Waals surface area contributed by atoms with Crippen molar-refractivity contribution >= 4 is 34.5 Å². The van der Waals surface area contributed by atoms with Gasteiger partial charge in [0.05, 0.1) is 43.1 Å². The molecule has 1 unspecified atom stereocenters. The summed E-state index contributed by atoms with van der Waals surface area (Å²) in [6.45, 7) is 4.42. The second kappa shape index (κ2) is 13.0. The highest BCUT2D eigenvalue weighted by Crippen LogP contribution is 2.30. The molecule has 0 saturated heterocycles. The maximum Gasteiger partial charge on any atom is 0.309 e. The van der Waals surface area contributed by atoms with Crippen molar-refractivity contribution in [2.75, 3.05) is 18.6 Å². The molecule has 0 aliphatic heterocycles. The van der Waals surface area contributed by atoms with Crippen LogP contribution >= 0.6 is 0 Å². The Balaban J connectivity index is 0.000000181. The number of nitrogens with zero attached hydrogens (tertiary/aromatic N) is 3. The first kappa shape index (κ1) is 27.7. The van der Waals surface area contributed by atoms with Crippen molar-refractivity contribution < 1.29 is 19.1 Å². The van der Waals surface area contributed by atoms with Gasteiger partial charge >= 0.3 is 11.9 Å². The van der Waals surface area contributed by atoms with Crippen LogP contribution in [0.4, 0.5) is 5.82 Å². The van der Waals surface area contributed by atoms with Crippen molar-refractivity contribution in [1.29, 1.82) is 0 Å². The summed E-state index contributed by atoms with van der Waals surface area (Å²) in [5, 5.41) is 4.81. The molecule has 0 amide bonds. The summed E-state index contributed by atoms with van der Waals surface area (Å²) in [5.41, 5.74) is 5.88. The van der Waals surface area contributed by atoms with Gasteiger partial charge in [0.2, 0.25) is 0 Å². The lowest BCUT2D eigenvalue weighted by Gasteiger charge is -2.21. The fraction of sp³-hybridized carbons (Fsp3) is 0.500. The van der Waals surface area contributed by atoms with Gasteiger partial charge in [-0.15, -0.1) is 0 Å². The molecule has 13 heteroatoms. The van der Waals surface area contributed by atoms with Crippen LogP contribution in [0.2, 0.25) is 0 Å². The second-order valence-corrected chi connectivity index (χ2v) is 9.34. The summed E-state index contributed by atoms with van der Waals surface area (Å²) >= 11 is 0. The standard InChI is InChI=1S/C13H18N4O3.C13H15N3O3/c1-2-20-13(19)9-3-5-10(6-4-9)16-17-11-7-12(18)15-8-14-11;1-2-19-13(18)7-3-4-9-8(5-7)10-11(16-9)14-6-15-12(10)17/h7-9H,2-6H2,1H3,(H2,14,15,17,18);6-7H,2-5H2,1H3,(H2,14,15,16,17). The van der Waals surface area contributed by atoms with Gasteiger partial charge in [0.15, 0.2) is 5.82 Å². The van der Waals surface area contributed by atoms with Gasteiger partial charge in [-0.2, -0.15) is 5.10 Å². The number of nitrogens with one attached hydrogen (secondary N) is 4. The van der Waals surface area contributed by atoms with Crippen molar-refractivity contribution in [3.63, 3.8) is 0 Å². The molecule has 0 radical (unpaired) electrons. The van der Waals surface area contributed by atoms with Crippen LogP contribution in [0, 0.1) is 11.8 Å². The minimum Gasteiger partial charge on any atom is -0.466 e. The molecule has 0 aromatic carbocycles. The molecular formula is C26H33N7O6. The largest absolute Gasteiger partial charge is 0.466 e. The van der Waals surface area contributed by atoms with E-state index in [1.54, 1.807) is 6.92 Å². The van der Waals surface area contributed by atoms with Gasteiger partial charge in [0.1, 0.15) is 5.65 Å². The first-order valence-corrected chi connectivity index (χ1v) is 13.2. The van der Waals surface area contributed by atoms with Crippen LogP contribution in [-0.2, 0) is 31.9 Å². The number of aromatic nitrogens is 5. The predicted molar refractivity (Wildman–Crippen MR) is 143 cm³/mol. The number of carbonyl (C=O) groups is 2. The van der Waals surface area contributed by atoms with Crippen molar-refractivity contribution in [1.82, 2.24) is 24.9 Å². The Kier molecular flexibility index (Phi) is 9.23. The number of hydrazone groups is 1. The summed E-state index contributed by atoms with van der Waals surface area (Å²) in [6.07, 6.45) is 7.75. The third-order valence-corrected chi connectivity index (χ3v) is 6.79. The first-order chi connectivity index (χ1) is 18.9. The molecule has 5 rings (SSSR count). The van der Waals surface area contributed by atoms with Gasteiger partial charge in [0.25, 0.3) is 11.1 Å². The lowest BCUT2D eigenvalue weighted by molar-refractivity contribution is -0.149. The van der Waals surface area contributed by atoms with Crippen LogP contribution in [0.3, 0.4) is 0 Å². The molecule has 1 saturated carbocycles. The zero-order valence-electron chi connectivity index (χ0n) is 22.0. The fourth-order valence-electron chi connectivity index (χ4n) is 4.84. The quantitative estimate of drug-likeness (QED) is 0.269. The lowest BCUT2D eigenvalue weighted by atomic mass is 9.87. The summed E-state index contributed by atoms with van der Waals surface area (Å²) in [7, 11) is 0. The molecule has 1 fully saturated rings. The van der Waals surface area contributed by atoms with E-state index >= 15 is 0 Å². The highest BCUT2D eigenvalue weighted by atomic mass is 16.5. The molecule has 3 aromatic rings. The van der Waals surface area contributed by atoms with E-state index in [-0.39, 0.29) is 34.9 Å². The molecule has 3 heterocycles. The first-order valence-electron chi connectivity index (χ1n) is 13.2. The number of aromatic amines is 3. The summed E-state index contributed by atoms with van der Waals surface area (Å²) < 4.78 is 10.1. The zero-order valence-corrected chi connectivity index (χ0v) is 22.0. The third-order valence-electron chi connectivity index (χ3n) is 6.79. The Bertz CT molecular complexity index is 1450. The molecule has 1 atom stereocenters. The molecule has 208 valence electrons. The molecular weight excluding hydrogens is 506 g/mol. The van der Waals surface area contributed by atoms with Gasteiger partial charge in [-0.25, -0.2) is 9.97 Å². The average molecular weight is 540 g/mol. The number of H-pyrrole nitrogens is 3. The van der Waals surface area contributed by atoms with Gasteiger partial charge in [-0.3, -0.25) is 24.6 Å². The molecule has 2 aliphatic carbocycles. The number of rotatable bonds is 6. The average Bonchev–Trinajstić information content (AvgIpc) is 3.32. The molecule has 13 nitrogen and oxygen atoms in total. The number of anilines is 1. The lowest BCUT2D eigenvalue weighted by Crippen LogP contribution is -2.25. The maximum atomic E-state index is 11.9. The normalized spacial score (nSPS) is 18.4. The van der Waals surface area contributed by atoms with Crippen LogP contribution < -0.4 is 16.5 Å². The highest BCUT2D eigenvalue weighted by Gasteiger charge is 2.29. The number of aryl methyl sites for hydroxylation is 1. The Morgan fingerprint density at radius 3 is 2.33 bits per heavy atom. The fourth-order valence-corrected chi connectivity index (χ4v) is 4.84. The molecule has 2 aliphatic rings. The molecule has 3 aromatic heterocycles. The number of hydrogen-bond acceptors (Lipinski definition) is 10. The van der Waals surface area contributed by atoms with Crippen LogP contribution in [-0.4, -0.2) is 55.8 Å². The smallest absolute Gasteiger partial charge is 0.309 e. The minimum absolute atomic E-state index is 0.0217. The Morgan fingerprint density at radius 2 is 1.64 bits per heavy atom.